The van der Waals surface area contributed by atoms with Crippen LogP contribution in [0.5, 0.6) is 0 Å². The van der Waals surface area contributed by atoms with Crippen molar-refractivity contribution in [1.82, 2.24) is 5.32 Å². The number of hydrogen-bond acceptors (Lipinski definition) is 2. The Bertz CT molecular complexity index is 136. The van der Waals surface area contributed by atoms with Crippen LogP contribution < -0.4 is 5.32 Å². The Hall–Kier alpha value is -0.640. The monoisotopic (exact) mass is 191 g/mol. The highest BCUT2D eigenvalue weighted by molar-refractivity contribution is 5.78. The van der Waals surface area contributed by atoms with Gasteiger partial charge in [0.1, 0.15) is 0 Å². The van der Waals surface area contributed by atoms with Crippen molar-refractivity contribution in [3.8, 4) is 0 Å². The van der Waals surface area contributed by atoms with Crippen molar-refractivity contribution < 1.29 is 14.3 Å². The normalized spacial score (nSPS) is 12.5. The summed E-state index contributed by atoms with van der Waals surface area (Å²) in [4.78, 5) is 11.3. The number of halogens is 1. The molecule has 0 saturated heterocycles. The van der Waals surface area contributed by atoms with Crippen molar-refractivity contribution >= 4 is 5.91 Å². The second-order valence-corrected chi connectivity index (χ2v) is 2.98. The number of nitrogens with one attached hydrogen (secondary N) is 1. The van der Waals surface area contributed by atoms with Gasteiger partial charge >= 0.3 is 0 Å². The minimum absolute atomic E-state index is 0.0692. The zero-order valence-electron chi connectivity index (χ0n) is 8.05. The minimum Gasteiger partial charge on any atom is -0.395 e. The van der Waals surface area contributed by atoms with Crippen molar-refractivity contribution in [1.29, 1.82) is 0 Å². The van der Waals surface area contributed by atoms with Crippen LogP contribution in [-0.4, -0.2) is 30.8 Å². The van der Waals surface area contributed by atoms with Crippen LogP contribution in [0.4, 0.5) is 4.39 Å². The summed E-state index contributed by atoms with van der Waals surface area (Å²) in [6.45, 7) is 1.69. The molecule has 3 nitrogen and oxygen atoms in total. The van der Waals surface area contributed by atoms with E-state index in [1.54, 1.807) is 0 Å². The summed E-state index contributed by atoms with van der Waals surface area (Å²) in [5.74, 6) is -0.380. The zero-order chi connectivity index (χ0) is 10.1. The lowest BCUT2D eigenvalue weighted by atomic mass is 9.99. The number of hydrogen-bond donors (Lipinski definition) is 2. The quantitative estimate of drug-likeness (QED) is 0.627. The largest absolute Gasteiger partial charge is 0.395 e. The third-order valence-corrected chi connectivity index (χ3v) is 1.88. The van der Waals surface area contributed by atoms with E-state index in [9.17, 15) is 9.18 Å². The SMILES string of the molecule is CCCC(CCF)C(=O)NCCO. The minimum atomic E-state index is -0.461. The summed E-state index contributed by atoms with van der Waals surface area (Å²) in [7, 11) is 0. The number of amides is 1. The first-order valence-electron chi connectivity index (χ1n) is 4.70. The number of carbonyl (C=O) groups is 1. The van der Waals surface area contributed by atoms with Gasteiger partial charge in [0.25, 0.3) is 0 Å². The molecule has 4 heteroatoms. The summed E-state index contributed by atoms with van der Waals surface area (Å²) in [5.41, 5.74) is 0. The van der Waals surface area contributed by atoms with Gasteiger partial charge in [-0.1, -0.05) is 13.3 Å². The first-order chi connectivity index (χ1) is 6.26. The van der Waals surface area contributed by atoms with Crippen molar-refractivity contribution in [2.24, 2.45) is 5.92 Å². The van der Waals surface area contributed by atoms with Crippen LogP contribution in [0.25, 0.3) is 0 Å². The molecule has 0 rings (SSSR count). The summed E-state index contributed by atoms with van der Waals surface area (Å²) in [6.07, 6.45) is 1.86. The molecule has 0 radical (unpaired) electrons. The maximum atomic E-state index is 12.0. The van der Waals surface area contributed by atoms with E-state index in [4.69, 9.17) is 5.11 Å². The van der Waals surface area contributed by atoms with E-state index in [1.807, 2.05) is 6.92 Å². The van der Waals surface area contributed by atoms with Gasteiger partial charge in [-0.15, -0.1) is 0 Å². The van der Waals surface area contributed by atoms with Gasteiger partial charge in [0.2, 0.25) is 5.91 Å². The van der Waals surface area contributed by atoms with Crippen LogP contribution in [-0.2, 0) is 4.79 Å². The van der Waals surface area contributed by atoms with Gasteiger partial charge in [-0.3, -0.25) is 9.18 Å². The molecule has 0 bridgehead atoms. The van der Waals surface area contributed by atoms with E-state index < -0.39 is 6.67 Å². The predicted octanol–water partition coefficient (Wildman–Crippen LogP) is 0.871. The van der Waals surface area contributed by atoms with Crippen molar-refractivity contribution in [3.05, 3.63) is 0 Å². The van der Waals surface area contributed by atoms with E-state index >= 15 is 0 Å². The standard InChI is InChI=1S/C9H18FNO2/c1-2-3-8(4-5-10)9(13)11-6-7-12/h8,12H,2-7H2,1H3,(H,11,13). The fourth-order valence-electron chi connectivity index (χ4n) is 1.21. The van der Waals surface area contributed by atoms with Crippen LogP contribution in [0.1, 0.15) is 26.2 Å². The number of carbonyl (C=O) groups excluding carboxylic acids is 1. The molecule has 0 aromatic rings. The number of rotatable bonds is 7. The average molecular weight is 191 g/mol. The molecule has 0 aromatic heterocycles. The lowest BCUT2D eigenvalue weighted by Crippen LogP contribution is -2.33. The molecule has 78 valence electrons. The van der Waals surface area contributed by atoms with E-state index in [0.29, 0.717) is 6.42 Å². The van der Waals surface area contributed by atoms with Gasteiger partial charge < -0.3 is 10.4 Å². The first kappa shape index (κ1) is 12.4. The van der Waals surface area contributed by atoms with Gasteiger partial charge in [0.15, 0.2) is 0 Å². The number of alkyl halides is 1. The lowest BCUT2D eigenvalue weighted by molar-refractivity contribution is -0.125. The molecule has 1 atom stereocenters. The van der Waals surface area contributed by atoms with Crippen LogP contribution >= 0.6 is 0 Å². The van der Waals surface area contributed by atoms with Crippen molar-refractivity contribution in [3.63, 3.8) is 0 Å². The molecular weight excluding hydrogens is 173 g/mol. The first-order valence-corrected chi connectivity index (χ1v) is 4.70. The molecule has 13 heavy (non-hydrogen) atoms. The van der Waals surface area contributed by atoms with Gasteiger partial charge in [0.05, 0.1) is 13.3 Å². The number of aliphatic hydroxyl groups excluding tert-OH is 1. The summed E-state index contributed by atoms with van der Waals surface area (Å²) < 4.78 is 12.0. The van der Waals surface area contributed by atoms with E-state index in [0.717, 1.165) is 6.42 Å². The van der Waals surface area contributed by atoms with Gasteiger partial charge in [-0.2, -0.15) is 0 Å². The highest BCUT2D eigenvalue weighted by Crippen LogP contribution is 2.11. The molecule has 1 amide bonds. The fourth-order valence-corrected chi connectivity index (χ4v) is 1.21. The van der Waals surface area contributed by atoms with Crippen molar-refractivity contribution in [2.75, 3.05) is 19.8 Å². The smallest absolute Gasteiger partial charge is 0.223 e. The molecule has 0 spiro atoms. The Labute approximate surface area is 78.3 Å². The van der Waals surface area contributed by atoms with Gasteiger partial charge in [-0.25, -0.2) is 0 Å². The van der Waals surface area contributed by atoms with Crippen LogP contribution in [0, 0.1) is 5.92 Å². The predicted molar refractivity (Wildman–Crippen MR) is 49.1 cm³/mol. The molecule has 0 saturated carbocycles. The Balaban J connectivity index is 3.80. The average Bonchev–Trinajstić information content (AvgIpc) is 2.14. The highest BCUT2D eigenvalue weighted by Gasteiger charge is 2.16. The Kier molecular flexibility index (Phi) is 7.59. The van der Waals surface area contributed by atoms with Crippen molar-refractivity contribution in [2.45, 2.75) is 26.2 Å². The fraction of sp³-hybridized carbons (Fsp3) is 0.889. The summed E-state index contributed by atoms with van der Waals surface area (Å²) >= 11 is 0. The molecule has 0 aromatic carbocycles. The molecule has 2 N–H and O–H groups in total. The second-order valence-electron chi connectivity index (χ2n) is 2.98. The topological polar surface area (TPSA) is 49.3 Å². The van der Waals surface area contributed by atoms with Crippen LogP contribution in [0.2, 0.25) is 0 Å². The van der Waals surface area contributed by atoms with Gasteiger partial charge in [0, 0.05) is 12.5 Å². The molecule has 0 aliphatic carbocycles. The Morgan fingerprint density at radius 3 is 2.69 bits per heavy atom. The van der Waals surface area contributed by atoms with E-state index in [2.05, 4.69) is 5.32 Å². The molecule has 0 heterocycles. The summed E-state index contributed by atoms with van der Waals surface area (Å²) in [6, 6.07) is 0. The third kappa shape index (κ3) is 5.58. The Morgan fingerprint density at radius 2 is 2.23 bits per heavy atom. The molecule has 0 aliphatic rings. The maximum Gasteiger partial charge on any atom is 0.223 e. The van der Waals surface area contributed by atoms with Crippen LogP contribution in [0.15, 0.2) is 0 Å². The third-order valence-electron chi connectivity index (χ3n) is 1.88. The summed E-state index contributed by atoms with van der Waals surface area (Å²) in [5, 5.41) is 11.0. The second kappa shape index (κ2) is 7.98. The lowest BCUT2D eigenvalue weighted by Gasteiger charge is -2.13. The molecular formula is C9H18FNO2. The zero-order valence-corrected chi connectivity index (χ0v) is 8.05. The maximum absolute atomic E-state index is 12.0. The molecule has 0 fully saturated rings. The van der Waals surface area contributed by atoms with E-state index in [1.165, 1.54) is 0 Å². The molecule has 0 aliphatic heterocycles. The Morgan fingerprint density at radius 1 is 1.54 bits per heavy atom. The number of aliphatic hydroxyl groups is 1. The molecule has 1 unspecified atom stereocenters. The van der Waals surface area contributed by atoms with Crippen LogP contribution in [0.3, 0.4) is 0 Å². The van der Waals surface area contributed by atoms with E-state index in [-0.39, 0.29) is 31.4 Å². The highest BCUT2D eigenvalue weighted by atomic mass is 19.1. The van der Waals surface area contributed by atoms with Gasteiger partial charge in [-0.05, 0) is 12.8 Å².